The molecule has 1 heterocycles. The molecule has 2 aliphatic rings. The molecule has 2 bridgehead atoms. The summed E-state index contributed by atoms with van der Waals surface area (Å²) < 4.78 is 59.8. The molecule has 7 atom stereocenters. The molecule has 2 fully saturated rings. The lowest BCUT2D eigenvalue weighted by Crippen LogP contribution is -2.67. The molecule has 1 unspecified atom stereocenters. The second kappa shape index (κ2) is 8.78. The summed E-state index contributed by atoms with van der Waals surface area (Å²) in [5, 5.41) is 20.4. The molecule has 170 valence electrons. The number of phosphoric ester groups is 3. The number of fused-ring (bicyclic) bond motifs is 2. The van der Waals surface area contributed by atoms with Gasteiger partial charge < -0.3 is 29.8 Å². The SMILES string of the molecule is O=P(O)(O)O[C@H]1[C@H]2OP(=O)(OCc3ccccc3)O[C@@H]1[C@@H](O)[C@@H](O)[C@H]2OP(=O)(O)O. The Morgan fingerprint density at radius 1 is 0.867 bits per heavy atom. The maximum Gasteiger partial charge on any atom is 0.476 e. The van der Waals surface area contributed by atoms with Gasteiger partial charge in [0.05, 0.1) is 6.61 Å². The minimum absolute atomic E-state index is 0.301. The monoisotopic (exact) mass is 492 g/mol. The van der Waals surface area contributed by atoms with Gasteiger partial charge in [-0.15, -0.1) is 0 Å². The van der Waals surface area contributed by atoms with Gasteiger partial charge in [0.15, 0.2) is 0 Å². The van der Waals surface area contributed by atoms with E-state index in [1.807, 2.05) is 0 Å². The molecular formula is C13H19O14P3. The van der Waals surface area contributed by atoms with Crippen LogP contribution in [0.25, 0.3) is 0 Å². The Morgan fingerprint density at radius 3 is 1.97 bits per heavy atom. The number of aliphatic hydroxyl groups excluding tert-OH is 2. The lowest BCUT2D eigenvalue weighted by molar-refractivity contribution is -0.233. The van der Waals surface area contributed by atoms with Gasteiger partial charge in [-0.2, -0.15) is 0 Å². The first-order valence-corrected chi connectivity index (χ1v) is 12.8. The summed E-state index contributed by atoms with van der Waals surface area (Å²) in [6.07, 6.45) is -11.9. The number of aliphatic hydroxyl groups is 2. The van der Waals surface area contributed by atoms with E-state index in [1.165, 1.54) is 0 Å². The molecule has 0 radical (unpaired) electrons. The van der Waals surface area contributed by atoms with Crippen LogP contribution in [0, 0.1) is 0 Å². The smallest absolute Gasteiger partial charge is 0.387 e. The molecule has 3 rings (SSSR count). The Balaban J connectivity index is 1.90. The molecular weight excluding hydrogens is 473 g/mol. The second-order valence-corrected chi connectivity index (χ2v) is 10.4. The molecule has 0 aromatic heterocycles. The van der Waals surface area contributed by atoms with Crippen LogP contribution >= 0.6 is 23.5 Å². The van der Waals surface area contributed by atoms with Crippen LogP contribution < -0.4 is 0 Å². The molecule has 0 spiro atoms. The summed E-state index contributed by atoms with van der Waals surface area (Å²) in [7, 11) is -15.1. The summed E-state index contributed by atoms with van der Waals surface area (Å²) in [5.74, 6) is 0. The molecule has 1 aromatic carbocycles. The maximum atomic E-state index is 12.9. The lowest BCUT2D eigenvalue weighted by Gasteiger charge is -2.50. The van der Waals surface area contributed by atoms with Crippen LogP contribution in [0.15, 0.2) is 30.3 Å². The standard InChI is InChI=1S/C13H19O14P3/c14-8-9(15)11-12(25-29(19,20)21)13(10(8)24-28(16,17)18)27-30(22,26-11)23-6-7-4-2-1-3-5-7/h1-5,8-15H,6H2,(H2,16,17,18)(H2,19,20,21)/t8-,9+,10-,11-,12-,13+,30?/m1/s1. The van der Waals surface area contributed by atoms with Gasteiger partial charge in [-0.25, -0.2) is 13.7 Å². The van der Waals surface area contributed by atoms with Gasteiger partial charge in [-0.3, -0.25) is 22.6 Å². The van der Waals surface area contributed by atoms with Gasteiger partial charge in [0, 0.05) is 0 Å². The van der Waals surface area contributed by atoms with Crippen molar-refractivity contribution in [2.75, 3.05) is 0 Å². The van der Waals surface area contributed by atoms with Gasteiger partial charge >= 0.3 is 23.5 Å². The van der Waals surface area contributed by atoms with E-state index < -0.39 is 60.1 Å². The van der Waals surface area contributed by atoms with Crippen LogP contribution in [-0.4, -0.2) is 66.4 Å². The summed E-state index contributed by atoms with van der Waals surface area (Å²) in [5.41, 5.74) is 0.544. The van der Waals surface area contributed by atoms with E-state index in [2.05, 4.69) is 9.05 Å². The fourth-order valence-electron chi connectivity index (χ4n) is 3.06. The van der Waals surface area contributed by atoms with E-state index in [-0.39, 0.29) is 6.61 Å². The third kappa shape index (κ3) is 5.83. The van der Waals surface area contributed by atoms with Crippen LogP contribution in [0.2, 0.25) is 0 Å². The minimum atomic E-state index is -5.30. The highest BCUT2D eigenvalue weighted by Gasteiger charge is 2.62. The van der Waals surface area contributed by atoms with Crippen molar-refractivity contribution in [2.24, 2.45) is 0 Å². The Kier molecular flexibility index (Phi) is 7.06. The molecule has 17 heteroatoms. The van der Waals surface area contributed by atoms with Crippen LogP contribution in [-0.2, 0) is 42.9 Å². The molecule has 1 aliphatic carbocycles. The number of benzene rings is 1. The van der Waals surface area contributed by atoms with Crippen LogP contribution in [0.5, 0.6) is 0 Å². The van der Waals surface area contributed by atoms with E-state index in [0.717, 1.165) is 0 Å². The number of rotatable bonds is 7. The zero-order valence-electron chi connectivity index (χ0n) is 14.8. The van der Waals surface area contributed by atoms with E-state index in [1.54, 1.807) is 30.3 Å². The van der Waals surface area contributed by atoms with Crippen molar-refractivity contribution in [3.8, 4) is 0 Å². The fraction of sp³-hybridized carbons (Fsp3) is 0.538. The number of hydrogen-bond acceptors (Lipinski definition) is 10. The quantitative estimate of drug-likeness (QED) is 0.271. The summed E-state index contributed by atoms with van der Waals surface area (Å²) in [4.78, 5) is 36.4. The Morgan fingerprint density at radius 2 is 1.40 bits per heavy atom. The summed E-state index contributed by atoms with van der Waals surface area (Å²) >= 11 is 0. The van der Waals surface area contributed by atoms with Crippen molar-refractivity contribution in [3.05, 3.63) is 35.9 Å². The third-order valence-corrected chi connectivity index (χ3v) is 6.73. The molecule has 14 nitrogen and oxygen atoms in total. The second-order valence-electron chi connectivity index (χ2n) is 6.45. The normalized spacial score (nSPS) is 37.1. The molecule has 1 aliphatic heterocycles. The van der Waals surface area contributed by atoms with Crippen molar-refractivity contribution in [1.82, 2.24) is 0 Å². The zero-order valence-corrected chi connectivity index (χ0v) is 17.5. The van der Waals surface area contributed by atoms with Crippen molar-refractivity contribution >= 4 is 23.5 Å². The zero-order chi connectivity index (χ0) is 22.3. The van der Waals surface area contributed by atoms with E-state index in [9.17, 15) is 23.9 Å². The van der Waals surface area contributed by atoms with Gasteiger partial charge in [-0.05, 0) is 5.56 Å². The molecule has 1 saturated heterocycles. The highest BCUT2D eigenvalue weighted by molar-refractivity contribution is 7.48. The third-order valence-electron chi connectivity index (χ3n) is 4.25. The highest BCUT2D eigenvalue weighted by atomic mass is 31.2. The molecule has 1 saturated carbocycles. The number of hydrogen-bond donors (Lipinski definition) is 6. The molecule has 30 heavy (non-hydrogen) atoms. The average molecular weight is 492 g/mol. The van der Waals surface area contributed by atoms with Crippen LogP contribution in [0.4, 0.5) is 0 Å². The van der Waals surface area contributed by atoms with Gasteiger partial charge in [0.2, 0.25) is 0 Å². The largest absolute Gasteiger partial charge is 0.476 e. The van der Waals surface area contributed by atoms with Gasteiger partial charge in [0.25, 0.3) is 0 Å². The number of phosphoric acid groups is 3. The van der Waals surface area contributed by atoms with Crippen molar-refractivity contribution in [2.45, 2.75) is 43.2 Å². The average Bonchev–Trinajstić information content (AvgIpc) is 2.63. The maximum absolute atomic E-state index is 12.9. The first kappa shape index (κ1) is 24.1. The van der Waals surface area contributed by atoms with E-state index in [0.29, 0.717) is 5.56 Å². The van der Waals surface area contributed by atoms with Gasteiger partial charge in [0.1, 0.15) is 36.6 Å². The summed E-state index contributed by atoms with van der Waals surface area (Å²) in [6, 6.07) is 8.29. The highest BCUT2D eigenvalue weighted by Crippen LogP contribution is 2.61. The minimum Gasteiger partial charge on any atom is -0.387 e. The molecule has 1 aromatic rings. The first-order valence-electron chi connectivity index (χ1n) is 8.27. The summed E-state index contributed by atoms with van der Waals surface area (Å²) in [6.45, 7) is -0.301. The predicted octanol–water partition coefficient (Wildman–Crippen LogP) is -0.214. The van der Waals surface area contributed by atoms with Crippen LogP contribution in [0.1, 0.15) is 5.56 Å². The van der Waals surface area contributed by atoms with E-state index in [4.69, 9.17) is 33.1 Å². The first-order chi connectivity index (χ1) is 13.8. The van der Waals surface area contributed by atoms with Crippen molar-refractivity contribution in [1.29, 1.82) is 0 Å². The van der Waals surface area contributed by atoms with Gasteiger partial charge in [-0.1, -0.05) is 30.3 Å². The van der Waals surface area contributed by atoms with Crippen LogP contribution in [0.3, 0.4) is 0 Å². The van der Waals surface area contributed by atoms with Crippen molar-refractivity contribution < 1.29 is 66.1 Å². The van der Waals surface area contributed by atoms with E-state index >= 15 is 0 Å². The topological polar surface area (TPSA) is 219 Å². The molecule has 0 amide bonds. The fourth-order valence-corrected chi connectivity index (χ4v) is 5.74. The molecule has 6 N–H and O–H groups in total. The Bertz CT molecular complexity index is 856. The Labute approximate surface area is 169 Å². The van der Waals surface area contributed by atoms with Crippen molar-refractivity contribution in [3.63, 3.8) is 0 Å². The predicted molar refractivity (Wildman–Crippen MR) is 94.4 cm³/mol. The Hall–Kier alpha value is -0.530. The lowest BCUT2D eigenvalue weighted by atomic mass is 9.85.